The molecule has 0 spiro atoms. The lowest BCUT2D eigenvalue weighted by Crippen LogP contribution is -2.52. The number of ether oxygens (including phenoxy) is 3. The van der Waals surface area contributed by atoms with Gasteiger partial charge in [0.05, 0.1) is 39.4 Å². The first-order valence-corrected chi connectivity index (χ1v) is 9.72. The van der Waals surface area contributed by atoms with Crippen LogP contribution < -0.4 is 13.8 Å². The highest BCUT2D eigenvalue weighted by Gasteiger charge is 2.33. The Kier molecular flexibility index (Phi) is 6.12. The quantitative estimate of drug-likeness (QED) is 0.731. The normalized spacial score (nSPS) is 16.2. The molecule has 1 heterocycles. The third-order valence-electron chi connectivity index (χ3n) is 4.01. The van der Waals surface area contributed by atoms with Crippen LogP contribution in [0.4, 0.5) is 5.69 Å². The predicted molar refractivity (Wildman–Crippen MR) is 93.7 cm³/mol. The molecule has 140 valence electrons. The first-order chi connectivity index (χ1) is 11.8. The third kappa shape index (κ3) is 4.35. The molecule has 1 aromatic carbocycles. The zero-order valence-corrected chi connectivity index (χ0v) is 15.7. The van der Waals surface area contributed by atoms with Crippen molar-refractivity contribution in [3.63, 3.8) is 0 Å². The Morgan fingerprint density at radius 3 is 2.32 bits per heavy atom. The summed E-state index contributed by atoms with van der Waals surface area (Å²) in [5.74, 6) is 0.607. The number of hydrogen-bond acceptors (Lipinski definition) is 6. The lowest BCUT2D eigenvalue weighted by molar-refractivity contribution is -0.136. The number of carbonyl (C=O) groups is 1. The molecule has 0 radical (unpaired) electrons. The van der Waals surface area contributed by atoms with Gasteiger partial charge >= 0.3 is 0 Å². The van der Waals surface area contributed by atoms with Crippen molar-refractivity contribution in [2.24, 2.45) is 0 Å². The molecule has 1 aromatic rings. The van der Waals surface area contributed by atoms with Crippen LogP contribution in [-0.2, 0) is 19.6 Å². The van der Waals surface area contributed by atoms with Crippen LogP contribution >= 0.6 is 0 Å². The number of methoxy groups -OCH3 is 2. The monoisotopic (exact) mass is 372 g/mol. The van der Waals surface area contributed by atoms with Crippen molar-refractivity contribution >= 4 is 21.6 Å². The Morgan fingerprint density at radius 1 is 1.20 bits per heavy atom. The number of morpholine rings is 1. The second-order valence-electron chi connectivity index (χ2n) is 5.71. The molecule has 9 heteroatoms. The second-order valence-corrected chi connectivity index (χ2v) is 7.57. The van der Waals surface area contributed by atoms with Crippen molar-refractivity contribution in [2.45, 2.75) is 13.0 Å². The highest BCUT2D eigenvalue weighted by molar-refractivity contribution is 7.92. The summed E-state index contributed by atoms with van der Waals surface area (Å²) in [6, 6.07) is 3.86. The van der Waals surface area contributed by atoms with E-state index in [9.17, 15) is 13.2 Å². The Morgan fingerprint density at radius 2 is 1.80 bits per heavy atom. The molecule has 0 N–H and O–H groups in total. The number of anilines is 1. The molecule has 0 aromatic heterocycles. The van der Waals surface area contributed by atoms with E-state index in [4.69, 9.17) is 14.2 Å². The number of rotatable bonds is 6. The predicted octanol–water partition coefficient (Wildman–Crippen LogP) is 0.717. The van der Waals surface area contributed by atoms with Crippen LogP contribution in [0.1, 0.15) is 6.92 Å². The molecule has 1 unspecified atom stereocenters. The van der Waals surface area contributed by atoms with E-state index < -0.39 is 16.1 Å². The van der Waals surface area contributed by atoms with Crippen molar-refractivity contribution in [1.82, 2.24) is 4.90 Å². The maximum atomic E-state index is 12.7. The summed E-state index contributed by atoms with van der Waals surface area (Å²) in [5, 5.41) is 0. The summed E-state index contributed by atoms with van der Waals surface area (Å²) < 4.78 is 41.5. The van der Waals surface area contributed by atoms with Crippen LogP contribution in [0.5, 0.6) is 11.5 Å². The van der Waals surface area contributed by atoms with Gasteiger partial charge in [0.2, 0.25) is 15.9 Å². The number of nitrogens with zero attached hydrogens (tertiary/aromatic N) is 2. The van der Waals surface area contributed by atoms with Gasteiger partial charge in [-0.15, -0.1) is 0 Å². The summed E-state index contributed by atoms with van der Waals surface area (Å²) >= 11 is 0. The Bertz CT molecular complexity index is 715. The molecule has 0 saturated carbocycles. The molecule has 0 bridgehead atoms. The molecular weight excluding hydrogens is 348 g/mol. The molecule has 2 rings (SSSR count). The van der Waals surface area contributed by atoms with Gasteiger partial charge in [0, 0.05) is 19.2 Å². The molecule has 25 heavy (non-hydrogen) atoms. The SMILES string of the molecule is COc1ccc(N(C(C)C(=O)N2CCOCC2)S(C)(=O)=O)cc1OC. The fourth-order valence-electron chi connectivity index (χ4n) is 2.81. The molecule has 0 aliphatic carbocycles. The van der Waals surface area contributed by atoms with Gasteiger partial charge in [-0.2, -0.15) is 0 Å². The second kappa shape index (κ2) is 7.92. The molecule has 1 aliphatic heterocycles. The van der Waals surface area contributed by atoms with Crippen LogP contribution in [0, 0.1) is 0 Å². The lowest BCUT2D eigenvalue weighted by atomic mass is 10.2. The smallest absolute Gasteiger partial charge is 0.246 e. The summed E-state index contributed by atoms with van der Waals surface area (Å²) in [6.45, 7) is 3.39. The van der Waals surface area contributed by atoms with E-state index >= 15 is 0 Å². The first kappa shape index (κ1) is 19.3. The molecule has 1 aliphatic rings. The summed E-state index contributed by atoms with van der Waals surface area (Å²) in [7, 11) is -0.724. The van der Waals surface area contributed by atoms with Crippen LogP contribution in [0.2, 0.25) is 0 Å². The Hall–Kier alpha value is -2.00. The topological polar surface area (TPSA) is 85.4 Å². The van der Waals surface area contributed by atoms with E-state index in [1.165, 1.54) is 14.2 Å². The van der Waals surface area contributed by atoms with E-state index in [1.54, 1.807) is 30.0 Å². The fraction of sp³-hybridized carbons (Fsp3) is 0.562. The van der Waals surface area contributed by atoms with E-state index in [0.717, 1.165) is 10.6 Å². The van der Waals surface area contributed by atoms with Gasteiger partial charge in [-0.3, -0.25) is 9.10 Å². The van der Waals surface area contributed by atoms with Gasteiger partial charge in [-0.1, -0.05) is 0 Å². The van der Waals surface area contributed by atoms with Crippen molar-refractivity contribution < 1.29 is 27.4 Å². The largest absolute Gasteiger partial charge is 0.493 e. The Labute approximate surface area is 148 Å². The maximum absolute atomic E-state index is 12.7. The number of amides is 1. The van der Waals surface area contributed by atoms with Crippen molar-refractivity contribution in [3.8, 4) is 11.5 Å². The number of sulfonamides is 1. The molecule has 8 nitrogen and oxygen atoms in total. The van der Waals surface area contributed by atoms with Crippen molar-refractivity contribution in [1.29, 1.82) is 0 Å². The molecule has 1 fully saturated rings. The van der Waals surface area contributed by atoms with Gasteiger partial charge in [-0.25, -0.2) is 8.42 Å². The van der Waals surface area contributed by atoms with Gasteiger partial charge in [0.25, 0.3) is 0 Å². The van der Waals surface area contributed by atoms with E-state index in [1.807, 2.05) is 0 Å². The van der Waals surface area contributed by atoms with E-state index in [2.05, 4.69) is 0 Å². The van der Waals surface area contributed by atoms with Crippen molar-refractivity contribution in [3.05, 3.63) is 18.2 Å². The minimum Gasteiger partial charge on any atom is -0.493 e. The van der Waals surface area contributed by atoms with Crippen LogP contribution in [0.25, 0.3) is 0 Å². The minimum absolute atomic E-state index is 0.261. The Balaban J connectivity index is 2.38. The number of carbonyl (C=O) groups excluding carboxylic acids is 1. The van der Waals surface area contributed by atoms with Crippen LogP contribution in [0.3, 0.4) is 0 Å². The van der Waals surface area contributed by atoms with Gasteiger partial charge in [-0.05, 0) is 19.1 Å². The summed E-state index contributed by atoms with van der Waals surface area (Å²) in [6.07, 6.45) is 1.08. The zero-order chi connectivity index (χ0) is 18.6. The molecular formula is C16H24N2O6S. The van der Waals surface area contributed by atoms with Gasteiger partial charge < -0.3 is 19.1 Å². The van der Waals surface area contributed by atoms with Gasteiger partial charge in [0.1, 0.15) is 6.04 Å². The van der Waals surface area contributed by atoms with Crippen LogP contribution in [0.15, 0.2) is 18.2 Å². The van der Waals surface area contributed by atoms with E-state index in [-0.39, 0.29) is 5.91 Å². The molecule has 1 atom stereocenters. The average molecular weight is 372 g/mol. The highest BCUT2D eigenvalue weighted by Crippen LogP contribution is 2.33. The molecule has 1 amide bonds. The summed E-state index contributed by atoms with van der Waals surface area (Å²) in [5.41, 5.74) is 0.342. The molecule has 1 saturated heterocycles. The minimum atomic E-state index is -3.69. The van der Waals surface area contributed by atoms with Gasteiger partial charge in [0.15, 0.2) is 11.5 Å². The van der Waals surface area contributed by atoms with Crippen LogP contribution in [-0.4, -0.2) is 72.0 Å². The lowest BCUT2D eigenvalue weighted by Gasteiger charge is -2.34. The average Bonchev–Trinajstić information content (AvgIpc) is 2.60. The highest BCUT2D eigenvalue weighted by atomic mass is 32.2. The number of benzene rings is 1. The standard InChI is InChI=1S/C16H24N2O6S/c1-12(16(19)17-7-9-24-10-8-17)18(25(4,20)21)13-5-6-14(22-2)15(11-13)23-3/h5-6,11-12H,7-10H2,1-4H3. The first-order valence-electron chi connectivity index (χ1n) is 7.87. The van der Waals surface area contributed by atoms with E-state index in [0.29, 0.717) is 43.5 Å². The maximum Gasteiger partial charge on any atom is 0.246 e. The van der Waals surface area contributed by atoms with Crippen molar-refractivity contribution in [2.75, 3.05) is 51.1 Å². The zero-order valence-electron chi connectivity index (χ0n) is 14.9. The third-order valence-corrected chi connectivity index (χ3v) is 5.25. The number of hydrogen-bond donors (Lipinski definition) is 0. The fourth-order valence-corrected chi connectivity index (χ4v) is 3.97. The summed E-state index contributed by atoms with van der Waals surface area (Å²) in [4.78, 5) is 14.4.